The molecular weight excluding hydrogens is 340 g/mol. The summed E-state index contributed by atoms with van der Waals surface area (Å²) in [5.74, 6) is 0.512. The normalized spacial score (nSPS) is 10.8. The number of H-pyrrole nitrogens is 1. The Labute approximate surface area is 149 Å². The van der Waals surface area contributed by atoms with Crippen molar-refractivity contribution in [2.75, 3.05) is 0 Å². The number of hydrogen-bond acceptors (Lipinski definition) is 4. The first-order valence-electron chi connectivity index (χ1n) is 7.97. The molecule has 0 aliphatic heterocycles. The number of pyridine rings is 1. The van der Waals surface area contributed by atoms with Crippen LogP contribution in [-0.4, -0.2) is 20.9 Å². The average molecular weight is 357 g/mol. The molecule has 0 aliphatic carbocycles. The summed E-state index contributed by atoms with van der Waals surface area (Å²) in [5.41, 5.74) is 1.22. The number of carbonyl (C=O) groups excluding carboxylic acids is 1. The average Bonchev–Trinajstić information content (AvgIpc) is 2.60. The molecule has 6 nitrogen and oxygen atoms in total. The van der Waals surface area contributed by atoms with E-state index in [1.54, 1.807) is 36.5 Å². The molecule has 2 aromatic heterocycles. The van der Waals surface area contributed by atoms with Crippen LogP contribution in [0.5, 0.6) is 0 Å². The highest BCUT2D eigenvalue weighted by molar-refractivity contribution is 6.30. The fourth-order valence-corrected chi connectivity index (χ4v) is 2.67. The number of amides is 1. The monoisotopic (exact) mass is 356 g/mol. The van der Waals surface area contributed by atoms with Gasteiger partial charge >= 0.3 is 0 Å². The van der Waals surface area contributed by atoms with Gasteiger partial charge in [-0.15, -0.1) is 0 Å². The predicted molar refractivity (Wildman–Crippen MR) is 96.4 cm³/mol. The summed E-state index contributed by atoms with van der Waals surface area (Å²) in [7, 11) is 0. The summed E-state index contributed by atoms with van der Waals surface area (Å²) in [6.45, 7) is 0.338. The van der Waals surface area contributed by atoms with E-state index >= 15 is 0 Å². The summed E-state index contributed by atoms with van der Waals surface area (Å²) in [4.78, 5) is 35.2. The molecule has 25 heavy (non-hydrogen) atoms. The van der Waals surface area contributed by atoms with E-state index in [1.165, 1.54) is 0 Å². The fraction of sp³-hybridized carbons (Fsp3) is 0.222. The molecule has 0 aliphatic rings. The molecule has 1 amide bonds. The van der Waals surface area contributed by atoms with Crippen LogP contribution >= 0.6 is 11.6 Å². The topological polar surface area (TPSA) is 87.7 Å². The molecule has 128 valence electrons. The van der Waals surface area contributed by atoms with Gasteiger partial charge in [-0.3, -0.25) is 14.6 Å². The molecule has 0 spiro atoms. The van der Waals surface area contributed by atoms with E-state index in [1.807, 2.05) is 6.07 Å². The number of aromatic amines is 1. The quantitative estimate of drug-likeness (QED) is 0.710. The van der Waals surface area contributed by atoms with Crippen LogP contribution in [0.3, 0.4) is 0 Å². The van der Waals surface area contributed by atoms with Crippen molar-refractivity contribution < 1.29 is 4.79 Å². The van der Waals surface area contributed by atoms with E-state index in [0.717, 1.165) is 0 Å². The molecule has 0 saturated carbocycles. The van der Waals surface area contributed by atoms with Crippen molar-refractivity contribution in [2.45, 2.75) is 25.8 Å². The van der Waals surface area contributed by atoms with Gasteiger partial charge in [-0.05, 0) is 30.7 Å². The maximum Gasteiger partial charge on any atom is 0.258 e. The largest absolute Gasteiger partial charge is 0.350 e. The van der Waals surface area contributed by atoms with Gasteiger partial charge in [0.1, 0.15) is 5.82 Å². The molecular formula is C18H17ClN4O2. The third-order valence-corrected chi connectivity index (χ3v) is 3.96. The summed E-state index contributed by atoms with van der Waals surface area (Å²) in [6, 6.07) is 10.6. The van der Waals surface area contributed by atoms with Crippen molar-refractivity contribution in [1.82, 2.24) is 20.3 Å². The number of benzene rings is 1. The first-order valence-corrected chi connectivity index (χ1v) is 8.35. The second kappa shape index (κ2) is 7.90. The van der Waals surface area contributed by atoms with Crippen LogP contribution in [0.15, 0.2) is 47.4 Å². The number of fused-ring (bicyclic) bond motifs is 1. The Hall–Kier alpha value is -2.73. The predicted octanol–water partition coefficient (Wildman–Crippen LogP) is 2.61. The van der Waals surface area contributed by atoms with Crippen LogP contribution in [0.25, 0.3) is 10.9 Å². The maximum atomic E-state index is 12.0. The molecule has 7 heteroatoms. The third kappa shape index (κ3) is 4.64. The molecule has 0 saturated heterocycles. The Kier molecular flexibility index (Phi) is 5.40. The Morgan fingerprint density at radius 1 is 1.24 bits per heavy atom. The first-order chi connectivity index (χ1) is 12.1. The SMILES string of the molecule is O=C(CCCc1nc2ccccc2c(=O)[nH]1)NCc1cc(Cl)ccn1. The second-order valence-electron chi connectivity index (χ2n) is 5.63. The summed E-state index contributed by atoms with van der Waals surface area (Å²) in [5, 5.41) is 3.96. The molecule has 0 fully saturated rings. The number of halogens is 1. The maximum absolute atomic E-state index is 12.0. The van der Waals surface area contributed by atoms with Crippen LogP contribution in [0, 0.1) is 0 Å². The van der Waals surface area contributed by atoms with Gasteiger partial charge in [0.25, 0.3) is 5.56 Å². The van der Waals surface area contributed by atoms with Crippen molar-refractivity contribution in [2.24, 2.45) is 0 Å². The van der Waals surface area contributed by atoms with Crippen LogP contribution in [0.4, 0.5) is 0 Å². The molecule has 0 radical (unpaired) electrons. The van der Waals surface area contributed by atoms with E-state index < -0.39 is 0 Å². The smallest absolute Gasteiger partial charge is 0.258 e. The lowest BCUT2D eigenvalue weighted by atomic mass is 10.2. The van der Waals surface area contributed by atoms with E-state index in [2.05, 4.69) is 20.3 Å². The van der Waals surface area contributed by atoms with Crippen molar-refractivity contribution in [3.05, 3.63) is 69.5 Å². The molecule has 0 bridgehead atoms. The highest BCUT2D eigenvalue weighted by Crippen LogP contribution is 2.09. The summed E-state index contributed by atoms with van der Waals surface area (Å²) in [6.07, 6.45) is 3.07. The van der Waals surface area contributed by atoms with Crippen LogP contribution in [0.2, 0.25) is 5.02 Å². The summed E-state index contributed by atoms with van der Waals surface area (Å²) >= 11 is 5.88. The minimum atomic E-state index is -0.155. The lowest BCUT2D eigenvalue weighted by molar-refractivity contribution is -0.121. The zero-order valence-corrected chi connectivity index (χ0v) is 14.2. The van der Waals surface area contributed by atoms with Gasteiger partial charge in [0, 0.05) is 24.1 Å². The highest BCUT2D eigenvalue weighted by Gasteiger charge is 2.06. The van der Waals surface area contributed by atoms with Gasteiger partial charge < -0.3 is 10.3 Å². The van der Waals surface area contributed by atoms with Crippen LogP contribution < -0.4 is 10.9 Å². The molecule has 0 unspecified atom stereocenters. The molecule has 2 N–H and O–H groups in total. The Morgan fingerprint density at radius 2 is 2.08 bits per heavy atom. The number of para-hydroxylation sites is 1. The number of aryl methyl sites for hydroxylation is 1. The highest BCUT2D eigenvalue weighted by atomic mass is 35.5. The summed E-state index contributed by atoms with van der Waals surface area (Å²) < 4.78 is 0. The number of nitrogens with one attached hydrogen (secondary N) is 2. The van der Waals surface area contributed by atoms with E-state index in [0.29, 0.717) is 53.3 Å². The van der Waals surface area contributed by atoms with Crippen LogP contribution in [-0.2, 0) is 17.8 Å². The minimum absolute atomic E-state index is 0.0788. The van der Waals surface area contributed by atoms with Crippen LogP contribution in [0.1, 0.15) is 24.4 Å². The van der Waals surface area contributed by atoms with Gasteiger partial charge in [-0.25, -0.2) is 4.98 Å². The zero-order valence-electron chi connectivity index (χ0n) is 13.5. The lowest BCUT2D eigenvalue weighted by Crippen LogP contribution is -2.23. The fourth-order valence-electron chi connectivity index (χ4n) is 2.49. The number of hydrogen-bond donors (Lipinski definition) is 2. The second-order valence-corrected chi connectivity index (χ2v) is 6.06. The molecule has 1 aromatic carbocycles. The number of rotatable bonds is 6. The first kappa shape index (κ1) is 17.1. The van der Waals surface area contributed by atoms with Crippen molar-refractivity contribution >= 4 is 28.4 Å². The zero-order chi connectivity index (χ0) is 17.6. The van der Waals surface area contributed by atoms with Gasteiger partial charge in [-0.2, -0.15) is 0 Å². The molecule has 0 atom stereocenters. The molecule has 3 aromatic rings. The van der Waals surface area contributed by atoms with Gasteiger partial charge in [-0.1, -0.05) is 23.7 Å². The van der Waals surface area contributed by atoms with Gasteiger partial charge in [0.15, 0.2) is 0 Å². The van der Waals surface area contributed by atoms with E-state index in [9.17, 15) is 9.59 Å². The van der Waals surface area contributed by atoms with E-state index in [4.69, 9.17) is 11.6 Å². The lowest BCUT2D eigenvalue weighted by Gasteiger charge is -2.05. The van der Waals surface area contributed by atoms with Crippen molar-refractivity contribution in [3.8, 4) is 0 Å². The van der Waals surface area contributed by atoms with Crippen molar-refractivity contribution in [1.29, 1.82) is 0 Å². The van der Waals surface area contributed by atoms with Gasteiger partial charge in [0.05, 0.1) is 23.1 Å². The Bertz CT molecular complexity index is 955. The van der Waals surface area contributed by atoms with E-state index in [-0.39, 0.29) is 11.5 Å². The number of nitrogens with zero attached hydrogens (tertiary/aromatic N) is 2. The number of aromatic nitrogens is 3. The Morgan fingerprint density at radius 3 is 2.92 bits per heavy atom. The number of carbonyl (C=O) groups is 1. The molecule has 3 rings (SSSR count). The molecule has 2 heterocycles. The third-order valence-electron chi connectivity index (χ3n) is 3.72. The minimum Gasteiger partial charge on any atom is -0.350 e. The van der Waals surface area contributed by atoms with Crippen molar-refractivity contribution in [3.63, 3.8) is 0 Å². The Balaban J connectivity index is 1.51. The standard InChI is InChI=1S/C18H17ClN4O2/c19-12-8-9-20-13(10-12)11-21-17(24)7-3-6-16-22-15-5-2-1-4-14(15)18(25)23-16/h1-2,4-5,8-10H,3,6-7,11H2,(H,21,24)(H,22,23,25). The van der Waals surface area contributed by atoms with Gasteiger partial charge in [0.2, 0.25) is 5.91 Å².